The van der Waals surface area contributed by atoms with Crippen LogP contribution in [0.2, 0.25) is 0 Å². The largest absolute Gasteiger partial charge is 0.357 e. The number of aliphatic imine (C=N–C) groups is 1. The van der Waals surface area contributed by atoms with Crippen LogP contribution in [-0.4, -0.2) is 72.9 Å². The molecule has 2 aliphatic rings. The number of halogens is 1. The highest BCUT2D eigenvalue weighted by atomic mass is 127. The molecule has 0 saturated carbocycles. The normalized spacial score (nSPS) is 18.7. The van der Waals surface area contributed by atoms with Gasteiger partial charge in [-0.25, -0.2) is 0 Å². The van der Waals surface area contributed by atoms with Crippen molar-refractivity contribution in [3.05, 3.63) is 0 Å². The van der Waals surface area contributed by atoms with Crippen LogP contribution in [0.5, 0.6) is 0 Å². The van der Waals surface area contributed by atoms with Gasteiger partial charge in [0.2, 0.25) is 11.8 Å². The Bertz CT molecular complexity index is 500. The average Bonchev–Trinajstić information content (AvgIpc) is 3.24. The average molecular weight is 493 g/mol. The van der Waals surface area contributed by atoms with E-state index in [1.54, 1.807) is 0 Å². The Labute approximate surface area is 180 Å². The summed E-state index contributed by atoms with van der Waals surface area (Å²) in [5.74, 6) is 1.40. The predicted molar refractivity (Wildman–Crippen MR) is 119 cm³/mol. The van der Waals surface area contributed by atoms with Crippen molar-refractivity contribution in [2.45, 2.75) is 64.8 Å². The molecular weight excluding hydrogens is 457 g/mol. The Hall–Kier alpha value is -1.06. The Kier molecular flexibility index (Phi) is 11.7. The van der Waals surface area contributed by atoms with E-state index >= 15 is 0 Å². The van der Waals surface area contributed by atoms with Crippen molar-refractivity contribution in [2.75, 3.05) is 39.3 Å². The van der Waals surface area contributed by atoms with Crippen LogP contribution >= 0.6 is 24.0 Å². The summed E-state index contributed by atoms with van der Waals surface area (Å²) >= 11 is 0. The van der Waals surface area contributed by atoms with Crippen LogP contribution in [0.25, 0.3) is 0 Å². The second-order valence-electron chi connectivity index (χ2n) is 7.07. The van der Waals surface area contributed by atoms with Gasteiger partial charge in [-0.1, -0.05) is 6.92 Å². The van der Waals surface area contributed by atoms with Crippen molar-refractivity contribution in [1.29, 1.82) is 0 Å². The molecule has 0 radical (unpaired) electrons. The van der Waals surface area contributed by atoms with Crippen molar-refractivity contribution < 1.29 is 9.59 Å². The first-order chi connectivity index (χ1) is 12.7. The minimum absolute atomic E-state index is 0. The van der Waals surface area contributed by atoms with Crippen molar-refractivity contribution in [3.63, 3.8) is 0 Å². The van der Waals surface area contributed by atoms with E-state index in [9.17, 15) is 9.59 Å². The second kappa shape index (κ2) is 13.2. The Balaban J connectivity index is 0.00000364. The van der Waals surface area contributed by atoms with Crippen molar-refractivity contribution in [1.82, 2.24) is 20.4 Å². The SMILES string of the molecule is CCNC(=NCCCN1CCCC1=O)NCCC(CC)N1CCCC1=O.I. The lowest BCUT2D eigenvalue weighted by Crippen LogP contribution is -2.42. The van der Waals surface area contributed by atoms with Crippen LogP contribution in [0.3, 0.4) is 0 Å². The number of carbonyl (C=O) groups excluding carboxylic acids is 2. The maximum Gasteiger partial charge on any atom is 0.222 e. The van der Waals surface area contributed by atoms with Gasteiger partial charge in [0.25, 0.3) is 0 Å². The number of rotatable bonds is 10. The van der Waals surface area contributed by atoms with Gasteiger partial charge < -0.3 is 20.4 Å². The monoisotopic (exact) mass is 493 g/mol. The van der Waals surface area contributed by atoms with Gasteiger partial charge in [-0.15, -0.1) is 24.0 Å². The van der Waals surface area contributed by atoms with Gasteiger partial charge in [-0.05, 0) is 39.0 Å². The first kappa shape index (κ1) is 24.0. The molecule has 2 aliphatic heterocycles. The molecule has 2 N–H and O–H groups in total. The number of carbonyl (C=O) groups is 2. The maximum absolute atomic E-state index is 11.9. The molecule has 2 amide bonds. The van der Waals surface area contributed by atoms with Crippen LogP contribution in [0, 0.1) is 0 Å². The molecule has 2 heterocycles. The summed E-state index contributed by atoms with van der Waals surface area (Å²) in [5, 5.41) is 6.65. The van der Waals surface area contributed by atoms with Crippen LogP contribution in [0.4, 0.5) is 0 Å². The zero-order valence-corrected chi connectivity index (χ0v) is 19.2. The lowest BCUT2D eigenvalue weighted by Gasteiger charge is -2.27. The highest BCUT2D eigenvalue weighted by molar-refractivity contribution is 14.0. The van der Waals surface area contributed by atoms with Crippen LogP contribution in [0.15, 0.2) is 4.99 Å². The molecule has 1 unspecified atom stereocenters. The molecule has 7 nitrogen and oxygen atoms in total. The van der Waals surface area contributed by atoms with E-state index in [1.165, 1.54) is 0 Å². The molecule has 27 heavy (non-hydrogen) atoms. The van der Waals surface area contributed by atoms with Gasteiger partial charge in [0.1, 0.15) is 0 Å². The summed E-state index contributed by atoms with van der Waals surface area (Å²) < 4.78 is 0. The van der Waals surface area contributed by atoms with Gasteiger partial charge in [0, 0.05) is 58.2 Å². The summed E-state index contributed by atoms with van der Waals surface area (Å²) in [6, 6.07) is 0.321. The fraction of sp³-hybridized carbons (Fsp3) is 0.842. The van der Waals surface area contributed by atoms with Gasteiger partial charge in [0.05, 0.1) is 0 Å². The molecule has 0 aromatic rings. The van der Waals surface area contributed by atoms with Crippen molar-refractivity contribution in [2.24, 2.45) is 4.99 Å². The predicted octanol–water partition coefficient (Wildman–Crippen LogP) is 1.96. The lowest BCUT2D eigenvalue weighted by molar-refractivity contribution is -0.130. The van der Waals surface area contributed by atoms with E-state index in [4.69, 9.17) is 0 Å². The number of nitrogens with zero attached hydrogens (tertiary/aromatic N) is 3. The third-order valence-electron chi connectivity index (χ3n) is 5.16. The van der Waals surface area contributed by atoms with E-state index in [0.717, 1.165) is 70.8 Å². The van der Waals surface area contributed by atoms with Crippen LogP contribution in [0.1, 0.15) is 58.8 Å². The van der Waals surface area contributed by atoms with Gasteiger partial charge >= 0.3 is 0 Å². The summed E-state index contributed by atoms with van der Waals surface area (Å²) in [4.78, 5) is 32.1. The van der Waals surface area contributed by atoms with Crippen LogP contribution < -0.4 is 10.6 Å². The lowest BCUT2D eigenvalue weighted by atomic mass is 10.1. The molecule has 0 spiro atoms. The summed E-state index contributed by atoms with van der Waals surface area (Å²) in [7, 11) is 0. The summed E-state index contributed by atoms with van der Waals surface area (Å²) in [6.07, 6.45) is 6.21. The number of hydrogen-bond acceptors (Lipinski definition) is 3. The second-order valence-corrected chi connectivity index (χ2v) is 7.07. The summed E-state index contributed by atoms with van der Waals surface area (Å²) in [5.41, 5.74) is 0. The minimum atomic E-state index is 0. The summed E-state index contributed by atoms with van der Waals surface area (Å²) in [6.45, 7) is 9.14. The van der Waals surface area contributed by atoms with Gasteiger partial charge in [-0.3, -0.25) is 14.6 Å². The smallest absolute Gasteiger partial charge is 0.222 e. The molecule has 8 heteroatoms. The third-order valence-corrected chi connectivity index (χ3v) is 5.16. The topological polar surface area (TPSA) is 77.0 Å². The van der Waals surface area contributed by atoms with Crippen molar-refractivity contribution >= 4 is 41.8 Å². The Morgan fingerprint density at radius 1 is 1.11 bits per heavy atom. The Morgan fingerprint density at radius 3 is 2.44 bits per heavy atom. The number of nitrogens with one attached hydrogen (secondary N) is 2. The molecule has 2 saturated heterocycles. The molecule has 0 aliphatic carbocycles. The van der Waals surface area contributed by atoms with Gasteiger partial charge in [0.15, 0.2) is 5.96 Å². The molecule has 2 fully saturated rings. The quantitative estimate of drug-likeness (QED) is 0.211. The highest BCUT2D eigenvalue weighted by Gasteiger charge is 2.26. The van der Waals surface area contributed by atoms with E-state index in [2.05, 4.69) is 29.5 Å². The zero-order valence-electron chi connectivity index (χ0n) is 16.8. The van der Waals surface area contributed by atoms with E-state index in [0.29, 0.717) is 31.3 Å². The Morgan fingerprint density at radius 2 is 1.85 bits per heavy atom. The molecule has 0 aromatic heterocycles. The fourth-order valence-corrected chi connectivity index (χ4v) is 3.73. The first-order valence-corrected chi connectivity index (χ1v) is 10.2. The molecule has 156 valence electrons. The molecule has 1 atom stereocenters. The third kappa shape index (κ3) is 7.83. The number of hydrogen-bond donors (Lipinski definition) is 2. The number of amides is 2. The molecular formula is C19H36IN5O2. The minimum Gasteiger partial charge on any atom is -0.357 e. The molecule has 2 rings (SSSR count). The first-order valence-electron chi connectivity index (χ1n) is 10.2. The highest BCUT2D eigenvalue weighted by Crippen LogP contribution is 2.17. The van der Waals surface area contributed by atoms with Crippen molar-refractivity contribution in [3.8, 4) is 0 Å². The van der Waals surface area contributed by atoms with E-state index < -0.39 is 0 Å². The van der Waals surface area contributed by atoms with Gasteiger partial charge in [-0.2, -0.15) is 0 Å². The number of guanidine groups is 1. The molecule has 0 bridgehead atoms. The zero-order chi connectivity index (χ0) is 18.8. The van der Waals surface area contributed by atoms with E-state index in [1.807, 2.05) is 9.80 Å². The molecule has 0 aromatic carbocycles. The number of likely N-dealkylation sites (tertiary alicyclic amines) is 2. The van der Waals surface area contributed by atoms with E-state index in [-0.39, 0.29) is 29.9 Å². The maximum atomic E-state index is 11.9. The standard InChI is InChI=1S/C19H35N5O2.HI/c1-3-16(24-15-6-9-18(24)26)10-12-22-19(20-4-2)21-11-7-14-23-13-5-8-17(23)25;/h16H,3-15H2,1-2H3,(H2,20,21,22);1H. The fourth-order valence-electron chi connectivity index (χ4n) is 3.73. The van der Waals surface area contributed by atoms with Crippen LogP contribution in [-0.2, 0) is 9.59 Å².